The molecule has 0 spiro atoms. The SMILES string of the molecule is O=C1COC(=O)CNC(=O)COC(=O)C(Cc2ccc(Cn3ncnc3-c3ccccc3)cc2)NC(=O)COC(=O)CNC(=O)COC(=O)CN1. The molecule has 19 nitrogen and oxygen atoms in total. The van der Waals surface area contributed by atoms with E-state index < -0.39 is 99.6 Å². The van der Waals surface area contributed by atoms with Crippen molar-refractivity contribution in [3.05, 3.63) is 72.1 Å². The Labute approximate surface area is 289 Å². The van der Waals surface area contributed by atoms with Crippen molar-refractivity contribution in [3.63, 3.8) is 0 Å². The van der Waals surface area contributed by atoms with Gasteiger partial charge in [-0.05, 0) is 11.1 Å². The third kappa shape index (κ3) is 12.7. The van der Waals surface area contributed by atoms with E-state index in [2.05, 4.69) is 36.1 Å². The topological polar surface area (TPSA) is 252 Å². The Morgan fingerprint density at radius 3 is 1.65 bits per heavy atom. The highest BCUT2D eigenvalue weighted by molar-refractivity contribution is 5.90. The van der Waals surface area contributed by atoms with Crippen LogP contribution in [-0.2, 0) is 70.3 Å². The predicted molar refractivity (Wildman–Crippen MR) is 170 cm³/mol. The summed E-state index contributed by atoms with van der Waals surface area (Å²) >= 11 is 0. The number of aromatic nitrogens is 3. The lowest BCUT2D eigenvalue weighted by Gasteiger charge is -2.18. The first kappa shape index (κ1) is 37.2. The van der Waals surface area contributed by atoms with Crippen LogP contribution in [0.25, 0.3) is 11.4 Å². The minimum absolute atomic E-state index is 0.0951. The molecule has 1 fully saturated rings. The van der Waals surface area contributed by atoms with Crippen molar-refractivity contribution in [2.24, 2.45) is 0 Å². The summed E-state index contributed by atoms with van der Waals surface area (Å²) < 4.78 is 21.0. The molecule has 4 rings (SSSR count). The maximum atomic E-state index is 13.0. The van der Waals surface area contributed by atoms with Crippen molar-refractivity contribution in [2.75, 3.05) is 46.1 Å². The number of carbonyl (C=O) groups is 8. The van der Waals surface area contributed by atoms with Crippen LogP contribution in [0, 0.1) is 0 Å². The third-order valence-electron chi connectivity index (χ3n) is 6.79. The fourth-order valence-electron chi connectivity index (χ4n) is 4.30. The average molecular weight is 708 g/mol. The van der Waals surface area contributed by atoms with E-state index >= 15 is 0 Å². The number of ether oxygens (including phenoxy) is 4. The van der Waals surface area contributed by atoms with Crippen LogP contribution in [0.15, 0.2) is 60.9 Å². The number of rotatable bonds is 5. The molecule has 4 N–H and O–H groups in total. The molecule has 1 unspecified atom stereocenters. The van der Waals surface area contributed by atoms with Crippen molar-refractivity contribution in [1.29, 1.82) is 0 Å². The number of benzene rings is 2. The molecule has 19 heteroatoms. The van der Waals surface area contributed by atoms with E-state index in [1.54, 1.807) is 28.9 Å². The van der Waals surface area contributed by atoms with Crippen LogP contribution in [0.5, 0.6) is 0 Å². The van der Waals surface area contributed by atoms with Gasteiger partial charge in [0.15, 0.2) is 32.3 Å². The molecular weight excluding hydrogens is 674 g/mol. The van der Waals surface area contributed by atoms with E-state index in [0.29, 0.717) is 17.9 Å². The summed E-state index contributed by atoms with van der Waals surface area (Å²) in [5.41, 5.74) is 2.34. The largest absolute Gasteiger partial charge is 0.454 e. The molecule has 2 heterocycles. The van der Waals surface area contributed by atoms with E-state index in [0.717, 1.165) is 11.1 Å². The predicted octanol–water partition coefficient (Wildman–Crippen LogP) is -2.44. The molecule has 51 heavy (non-hydrogen) atoms. The smallest absolute Gasteiger partial charge is 0.329 e. The zero-order valence-corrected chi connectivity index (χ0v) is 27.0. The Balaban J connectivity index is 1.40. The molecule has 1 aliphatic rings. The van der Waals surface area contributed by atoms with Gasteiger partial charge in [-0.1, -0.05) is 54.6 Å². The van der Waals surface area contributed by atoms with E-state index in [1.807, 2.05) is 30.3 Å². The van der Waals surface area contributed by atoms with Gasteiger partial charge in [0, 0.05) is 12.0 Å². The molecule has 1 aliphatic heterocycles. The summed E-state index contributed by atoms with van der Waals surface area (Å²) in [7, 11) is 0. The lowest BCUT2D eigenvalue weighted by atomic mass is 10.0. The van der Waals surface area contributed by atoms with Crippen LogP contribution in [-0.4, -0.2) is 114 Å². The van der Waals surface area contributed by atoms with Crippen molar-refractivity contribution in [2.45, 2.75) is 19.0 Å². The number of amides is 4. The number of nitrogens with one attached hydrogen (secondary N) is 4. The summed E-state index contributed by atoms with van der Waals surface area (Å²) in [4.78, 5) is 102. The minimum atomic E-state index is -1.35. The summed E-state index contributed by atoms with van der Waals surface area (Å²) in [6.45, 7) is -4.89. The van der Waals surface area contributed by atoms with Gasteiger partial charge in [0.2, 0.25) is 0 Å². The van der Waals surface area contributed by atoms with Crippen LogP contribution < -0.4 is 21.3 Å². The number of esters is 4. The van der Waals surface area contributed by atoms with Gasteiger partial charge in [-0.2, -0.15) is 5.10 Å². The van der Waals surface area contributed by atoms with Gasteiger partial charge in [-0.15, -0.1) is 0 Å². The summed E-state index contributed by atoms with van der Waals surface area (Å²) in [5.74, 6) is -6.93. The Morgan fingerprint density at radius 1 is 0.608 bits per heavy atom. The Morgan fingerprint density at radius 2 is 1.10 bits per heavy atom. The van der Waals surface area contributed by atoms with Crippen LogP contribution in [0.2, 0.25) is 0 Å². The second kappa shape index (κ2) is 18.8. The van der Waals surface area contributed by atoms with E-state index in [4.69, 9.17) is 14.2 Å². The number of cyclic esters (lactones) is 4. The normalized spacial score (nSPS) is 18.0. The highest BCUT2D eigenvalue weighted by Gasteiger charge is 2.25. The van der Waals surface area contributed by atoms with Gasteiger partial charge in [0.05, 0.1) is 6.54 Å². The number of carbonyl (C=O) groups excluding carboxylic acids is 8. The maximum absolute atomic E-state index is 13.0. The number of hydrogen-bond acceptors (Lipinski definition) is 14. The molecule has 0 aliphatic carbocycles. The number of hydrogen-bond donors (Lipinski definition) is 4. The molecule has 1 atom stereocenters. The fourth-order valence-corrected chi connectivity index (χ4v) is 4.30. The fraction of sp³-hybridized carbons (Fsp3) is 0.312. The van der Waals surface area contributed by atoms with Crippen LogP contribution in [0.4, 0.5) is 0 Å². The maximum Gasteiger partial charge on any atom is 0.329 e. The van der Waals surface area contributed by atoms with Crippen LogP contribution in [0.1, 0.15) is 11.1 Å². The molecule has 1 aromatic heterocycles. The average Bonchev–Trinajstić information content (AvgIpc) is 3.60. The molecule has 3 aromatic rings. The quantitative estimate of drug-likeness (QED) is 0.159. The molecule has 2 aromatic carbocycles. The van der Waals surface area contributed by atoms with Gasteiger partial charge < -0.3 is 40.2 Å². The molecule has 1 saturated heterocycles. The zero-order valence-electron chi connectivity index (χ0n) is 27.0. The molecule has 0 saturated carbocycles. The van der Waals surface area contributed by atoms with Crippen molar-refractivity contribution < 1.29 is 57.3 Å². The molecule has 268 valence electrons. The van der Waals surface area contributed by atoms with Crippen molar-refractivity contribution in [1.82, 2.24) is 36.0 Å². The second-order valence-corrected chi connectivity index (χ2v) is 10.7. The highest BCUT2D eigenvalue weighted by atomic mass is 16.6. The Kier molecular flexibility index (Phi) is 13.7. The van der Waals surface area contributed by atoms with Gasteiger partial charge in [0.1, 0.15) is 32.0 Å². The van der Waals surface area contributed by atoms with Crippen molar-refractivity contribution >= 4 is 47.5 Å². The lowest BCUT2D eigenvalue weighted by molar-refractivity contribution is -0.154. The van der Waals surface area contributed by atoms with E-state index in [9.17, 15) is 38.4 Å². The monoisotopic (exact) mass is 707 g/mol. The summed E-state index contributed by atoms with van der Waals surface area (Å²) in [6.07, 6.45) is 1.36. The van der Waals surface area contributed by atoms with Gasteiger partial charge in [-0.25, -0.2) is 14.5 Å². The standard InChI is InChI=1S/C32H33N7O12/c40-24-15-49-29(45)12-35-26(42)17-51-32(47)23(38-27(43)18-50-30(46)13-34-25(41)16-48-28(44)11-33-24)10-20-6-8-21(9-7-20)14-39-31(36-19-37-39)22-4-2-1-3-5-22/h1-9,19,23H,10-18H2,(H,33,40)(H,34,41)(H,35,42)(H,38,43). The molecule has 0 bridgehead atoms. The highest BCUT2D eigenvalue weighted by Crippen LogP contribution is 2.17. The first-order valence-corrected chi connectivity index (χ1v) is 15.3. The minimum Gasteiger partial charge on any atom is -0.454 e. The summed E-state index contributed by atoms with van der Waals surface area (Å²) in [6, 6.07) is 15.2. The zero-order chi connectivity index (χ0) is 36.6. The Bertz CT molecular complexity index is 1740. The van der Waals surface area contributed by atoms with Gasteiger partial charge in [0.25, 0.3) is 23.6 Å². The van der Waals surface area contributed by atoms with Crippen molar-refractivity contribution in [3.8, 4) is 11.4 Å². The molecular formula is C32H33N7O12. The van der Waals surface area contributed by atoms with Gasteiger partial charge >= 0.3 is 23.9 Å². The van der Waals surface area contributed by atoms with E-state index in [1.165, 1.54) is 6.33 Å². The van der Waals surface area contributed by atoms with E-state index in [-0.39, 0.29) is 6.42 Å². The first-order chi connectivity index (χ1) is 24.5. The number of nitrogens with zero attached hydrogens (tertiary/aromatic N) is 3. The first-order valence-electron chi connectivity index (χ1n) is 15.3. The Hall–Kier alpha value is -6.66. The van der Waals surface area contributed by atoms with Crippen LogP contribution in [0.3, 0.4) is 0 Å². The third-order valence-corrected chi connectivity index (χ3v) is 6.79. The van der Waals surface area contributed by atoms with Gasteiger partial charge in [-0.3, -0.25) is 33.6 Å². The molecule has 0 radical (unpaired) electrons. The molecule has 4 amide bonds. The lowest BCUT2D eigenvalue weighted by Crippen LogP contribution is -2.46. The summed E-state index contributed by atoms with van der Waals surface area (Å²) in [5, 5.41) is 13.1. The second-order valence-electron chi connectivity index (χ2n) is 10.7. The van der Waals surface area contributed by atoms with Crippen LogP contribution >= 0.6 is 0 Å².